The Kier molecular flexibility index (Phi) is 4.14. The van der Waals surface area contributed by atoms with Crippen LogP contribution < -0.4 is 10.6 Å². The van der Waals surface area contributed by atoms with Gasteiger partial charge in [0, 0.05) is 23.6 Å². The molecule has 3 aromatic carbocycles. The van der Waals surface area contributed by atoms with Crippen LogP contribution in [-0.4, -0.2) is 0 Å². The zero-order valence-electron chi connectivity index (χ0n) is 14.3. The number of anilines is 3. The monoisotopic (exact) mass is 332 g/mol. The first-order valence-corrected chi connectivity index (χ1v) is 8.66. The van der Waals surface area contributed by atoms with Crippen molar-refractivity contribution in [3.63, 3.8) is 0 Å². The summed E-state index contributed by atoms with van der Waals surface area (Å²) in [6, 6.07) is 20.1. The summed E-state index contributed by atoms with van der Waals surface area (Å²) in [5.74, 6) is -0.150. The Morgan fingerprint density at radius 3 is 2.64 bits per heavy atom. The van der Waals surface area contributed by atoms with Crippen LogP contribution in [0.15, 0.2) is 60.7 Å². The highest BCUT2D eigenvalue weighted by Crippen LogP contribution is 2.31. The van der Waals surface area contributed by atoms with Gasteiger partial charge in [0.15, 0.2) is 0 Å². The predicted molar refractivity (Wildman–Crippen MR) is 102 cm³/mol. The van der Waals surface area contributed by atoms with Gasteiger partial charge >= 0.3 is 0 Å². The first-order valence-electron chi connectivity index (χ1n) is 8.66. The second-order valence-corrected chi connectivity index (χ2v) is 6.53. The molecule has 0 aromatic heterocycles. The molecule has 2 N–H and O–H groups in total. The fourth-order valence-electron chi connectivity index (χ4n) is 3.35. The third kappa shape index (κ3) is 3.22. The van der Waals surface area contributed by atoms with Gasteiger partial charge in [-0.05, 0) is 72.4 Å². The zero-order valence-corrected chi connectivity index (χ0v) is 14.3. The van der Waals surface area contributed by atoms with E-state index in [1.807, 2.05) is 13.0 Å². The van der Waals surface area contributed by atoms with Gasteiger partial charge in [0.05, 0.1) is 0 Å². The van der Waals surface area contributed by atoms with Crippen molar-refractivity contribution < 1.29 is 4.39 Å². The summed E-state index contributed by atoms with van der Waals surface area (Å²) in [5.41, 5.74) is 7.77. The first-order chi connectivity index (χ1) is 12.2. The molecule has 0 unspecified atom stereocenters. The van der Waals surface area contributed by atoms with Crippen LogP contribution in [0.3, 0.4) is 0 Å². The lowest BCUT2D eigenvalue weighted by atomic mass is 10.0. The topological polar surface area (TPSA) is 24.1 Å². The number of hydrogen-bond donors (Lipinski definition) is 2. The first kappa shape index (κ1) is 15.7. The van der Waals surface area contributed by atoms with Crippen LogP contribution in [0.5, 0.6) is 0 Å². The highest BCUT2D eigenvalue weighted by Gasteiger charge is 2.12. The lowest BCUT2D eigenvalue weighted by molar-refractivity contribution is 0.616. The fourth-order valence-corrected chi connectivity index (χ4v) is 3.35. The molecule has 126 valence electrons. The van der Waals surface area contributed by atoms with Crippen molar-refractivity contribution in [2.24, 2.45) is 0 Å². The Hall–Kier alpha value is -2.81. The third-order valence-corrected chi connectivity index (χ3v) is 4.92. The molecule has 0 aliphatic carbocycles. The molecule has 3 aromatic rings. The minimum Gasteiger partial charge on any atom is -0.381 e. The van der Waals surface area contributed by atoms with Crippen molar-refractivity contribution in [3.8, 4) is 0 Å². The lowest BCUT2D eigenvalue weighted by Crippen LogP contribution is -2.03. The van der Waals surface area contributed by atoms with Crippen molar-refractivity contribution in [1.82, 2.24) is 0 Å². The van der Waals surface area contributed by atoms with E-state index in [4.69, 9.17) is 0 Å². The van der Waals surface area contributed by atoms with Gasteiger partial charge in [-0.3, -0.25) is 0 Å². The van der Waals surface area contributed by atoms with E-state index in [0.717, 1.165) is 29.8 Å². The normalized spacial score (nSPS) is 12.6. The van der Waals surface area contributed by atoms with E-state index in [1.165, 1.54) is 22.9 Å². The van der Waals surface area contributed by atoms with Gasteiger partial charge in [-0.15, -0.1) is 0 Å². The molecule has 25 heavy (non-hydrogen) atoms. The van der Waals surface area contributed by atoms with Gasteiger partial charge in [-0.1, -0.05) is 30.3 Å². The number of halogens is 1. The summed E-state index contributed by atoms with van der Waals surface area (Å²) in [6.07, 6.45) is 2.04. The van der Waals surface area contributed by atoms with E-state index in [-0.39, 0.29) is 5.82 Å². The third-order valence-electron chi connectivity index (χ3n) is 4.92. The van der Waals surface area contributed by atoms with E-state index >= 15 is 0 Å². The molecule has 1 heterocycles. The second kappa shape index (κ2) is 6.60. The van der Waals surface area contributed by atoms with Crippen LogP contribution in [0, 0.1) is 12.7 Å². The number of para-hydroxylation sites is 1. The summed E-state index contributed by atoms with van der Waals surface area (Å²) >= 11 is 0. The molecule has 0 spiro atoms. The number of rotatable bonds is 3. The van der Waals surface area contributed by atoms with Gasteiger partial charge < -0.3 is 10.6 Å². The Morgan fingerprint density at radius 1 is 0.920 bits per heavy atom. The number of hydrogen-bond acceptors (Lipinski definition) is 2. The van der Waals surface area contributed by atoms with E-state index in [2.05, 4.69) is 53.1 Å². The average molecular weight is 332 g/mol. The zero-order chi connectivity index (χ0) is 17.2. The molecule has 0 bridgehead atoms. The number of aryl methyl sites for hydroxylation is 2. The fraction of sp³-hybridized carbons (Fsp3) is 0.182. The van der Waals surface area contributed by atoms with E-state index in [9.17, 15) is 4.39 Å². The maximum atomic E-state index is 13.7. The molecule has 0 radical (unpaired) electrons. The molecular formula is C22H21FN2. The van der Waals surface area contributed by atoms with Crippen LogP contribution in [0.2, 0.25) is 0 Å². The Morgan fingerprint density at radius 2 is 1.72 bits per heavy atom. The quantitative estimate of drug-likeness (QED) is 0.653. The average Bonchev–Trinajstić information content (AvgIpc) is 2.82. The number of nitrogens with one attached hydrogen (secondary N) is 2. The number of benzene rings is 3. The van der Waals surface area contributed by atoms with Gasteiger partial charge in [-0.25, -0.2) is 4.39 Å². The maximum Gasteiger partial charge on any atom is 0.126 e. The second-order valence-electron chi connectivity index (χ2n) is 6.53. The molecule has 1 aliphatic heterocycles. The Labute approximate surface area is 147 Å². The highest BCUT2D eigenvalue weighted by molar-refractivity contribution is 5.70. The largest absolute Gasteiger partial charge is 0.381 e. The highest BCUT2D eigenvalue weighted by atomic mass is 19.1. The molecule has 3 heteroatoms. The van der Waals surface area contributed by atoms with Crippen LogP contribution in [0.4, 0.5) is 21.5 Å². The van der Waals surface area contributed by atoms with Gasteiger partial charge in [0.25, 0.3) is 0 Å². The molecule has 0 saturated heterocycles. The molecule has 2 nitrogen and oxygen atoms in total. The van der Waals surface area contributed by atoms with Crippen LogP contribution in [-0.2, 0) is 19.4 Å². The minimum atomic E-state index is -0.150. The van der Waals surface area contributed by atoms with Gasteiger partial charge in [-0.2, -0.15) is 0 Å². The molecular weight excluding hydrogens is 311 g/mol. The van der Waals surface area contributed by atoms with Crippen LogP contribution in [0.1, 0.15) is 22.3 Å². The predicted octanol–water partition coefficient (Wildman–Crippen LogP) is 5.59. The smallest absolute Gasteiger partial charge is 0.126 e. The van der Waals surface area contributed by atoms with Crippen LogP contribution >= 0.6 is 0 Å². The summed E-state index contributed by atoms with van der Waals surface area (Å²) in [6.45, 7) is 2.44. The van der Waals surface area contributed by atoms with Crippen molar-refractivity contribution in [3.05, 3.63) is 88.7 Å². The van der Waals surface area contributed by atoms with Crippen LogP contribution in [0.25, 0.3) is 0 Å². The van der Waals surface area contributed by atoms with Crippen molar-refractivity contribution in [2.75, 3.05) is 10.6 Å². The minimum absolute atomic E-state index is 0.150. The molecule has 0 atom stereocenters. The molecule has 0 fully saturated rings. The molecule has 4 rings (SSSR count). The van der Waals surface area contributed by atoms with Gasteiger partial charge in [0.1, 0.15) is 5.82 Å². The molecule has 0 saturated carbocycles. The lowest BCUT2D eigenvalue weighted by Gasteiger charge is -2.13. The van der Waals surface area contributed by atoms with Crippen molar-refractivity contribution in [1.29, 1.82) is 0 Å². The van der Waals surface area contributed by atoms with E-state index in [0.29, 0.717) is 12.1 Å². The Balaban J connectivity index is 1.53. The standard InChI is InChI=1S/C22H21FN2/c1-15-18(6-4-7-20(15)23)14-24-19-11-12-22-17(13-19)10-9-16-5-2-3-8-21(16)25-22/h2-8,11-13,24-25H,9-10,14H2,1H3. The molecule has 0 amide bonds. The summed E-state index contributed by atoms with van der Waals surface area (Å²) < 4.78 is 13.7. The SMILES string of the molecule is Cc1c(F)cccc1CNc1ccc2c(c1)CCc1ccccc1N2. The van der Waals surface area contributed by atoms with E-state index in [1.54, 1.807) is 6.07 Å². The summed E-state index contributed by atoms with van der Waals surface area (Å²) in [7, 11) is 0. The maximum absolute atomic E-state index is 13.7. The summed E-state index contributed by atoms with van der Waals surface area (Å²) in [5, 5.41) is 6.97. The summed E-state index contributed by atoms with van der Waals surface area (Å²) in [4.78, 5) is 0. The van der Waals surface area contributed by atoms with Gasteiger partial charge in [0.2, 0.25) is 0 Å². The van der Waals surface area contributed by atoms with E-state index < -0.39 is 0 Å². The van der Waals surface area contributed by atoms with Crippen molar-refractivity contribution in [2.45, 2.75) is 26.3 Å². The Bertz CT molecular complexity index is 918. The molecule has 1 aliphatic rings. The van der Waals surface area contributed by atoms with Crippen molar-refractivity contribution >= 4 is 17.1 Å². The number of fused-ring (bicyclic) bond motifs is 2.